The van der Waals surface area contributed by atoms with Gasteiger partial charge in [-0.3, -0.25) is 13.9 Å². The van der Waals surface area contributed by atoms with Crippen molar-refractivity contribution in [3.63, 3.8) is 0 Å². The molecule has 7 heteroatoms. The summed E-state index contributed by atoms with van der Waals surface area (Å²) in [6, 6.07) is 8.99. The highest BCUT2D eigenvalue weighted by Gasteiger charge is 2.07. The van der Waals surface area contributed by atoms with Crippen molar-refractivity contribution in [2.24, 2.45) is 14.1 Å². The second-order valence-corrected chi connectivity index (χ2v) is 6.50. The zero-order valence-corrected chi connectivity index (χ0v) is 14.5. The minimum absolute atomic E-state index is 0.150. The van der Waals surface area contributed by atoms with Crippen LogP contribution < -0.4 is 16.0 Å². The maximum absolute atomic E-state index is 11.9. The predicted molar refractivity (Wildman–Crippen MR) is 93.5 cm³/mol. The first-order valence-corrected chi connectivity index (χ1v) is 8.25. The predicted octanol–water partition coefficient (Wildman–Crippen LogP) is 2.09. The molecule has 0 aliphatic carbocycles. The van der Waals surface area contributed by atoms with Gasteiger partial charge in [0.2, 0.25) is 0 Å². The van der Waals surface area contributed by atoms with E-state index < -0.39 is 0 Å². The molecule has 6 nitrogen and oxygen atoms in total. The maximum atomic E-state index is 11.9. The van der Waals surface area contributed by atoms with Gasteiger partial charge in [-0.15, -0.1) is 11.3 Å². The van der Waals surface area contributed by atoms with Crippen LogP contribution in [0.4, 0.5) is 0 Å². The fraction of sp³-hybridized carbons (Fsp3) is 0.235. The van der Waals surface area contributed by atoms with E-state index in [1.54, 1.807) is 18.4 Å². The van der Waals surface area contributed by atoms with Gasteiger partial charge >= 0.3 is 5.69 Å². The molecule has 2 heterocycles. The molecule has 0 amide bonds. The number of rotatable bonds is 4. The van der Waals surface area contributed by atoms with Crippen LogP contribution in [0.2, 0.25) is 0 Å². The largest absolute Gasteiger partial charge is 0.487 e. The lowest BCUT2D eigenvalue weighted by Gasteiger charge is -2.11. The minimum Gasteiger partial charge on any atom is -0.487 e. The van der Waals surface area contributed by atoms with Crippen LogP contribution in [0.3, 0.4) is 0 Å². The summed E-state index contributed by atoms with van der Waals surface area (Å²) in [5, 5.41) is 3.04. The van der Waals surface area contributed by atoms with E-state index >= 15 is 0 Å². The number of hydrogen-bond donors (Lipinski definition) is 0. The Hall–Kier alpha value is -2.67. The molecule has 3 aromatic rings. The van der Waals surface area contributed by atoms with Crippen molar-refractivity contribution in [2.45, 2.75) is 13.5 Å². The molecule has 0 spiro atoms. The van der Waals surface area contributed by atoms with E-state index in [2.05, 4.69) is 4.98 Å². The molecule has 0 saturated carbocycles. The quantitative estimate of drug-likeness (QED) is 0.728. The third-order valence-corrected chi connectivity index (χ3v) is 4.55. The number of benzene rings is 1. The minimum atomic E-state index is -0.365. The lowest BCUT2D eigenvalue weighted by Crippen LogP contribution is -2.38. The molecular weight excluding hydrogens is 326 g/mol. The Morgan fingerprint density at radius 1 is 1.12 bits per heavy atom. The van der Waals surface area contributed by atoms with Crippen molar-refractivity contribution in [3.05, 3.63) is 67.3 Å². The third kappa shape index (κ3) is 3.16. The smallest absolute Gasteiger partial charge is 0.330 e. The molecule has 0 fully saturated rings. The summed E-state index contributed by atoms with van der Waals surface area (Å²) < 4.78 is 8.17. The molecule has 0 unspecified atom stereocenters. The summed E-state index contributed by atoms with van der Waals surface area (Å²) in [5.41, 5.74) is 1.79. The standard InChI is InChI=1S/C17H17N3O3S/c1-11-18-15(10-24-11)12-4-6-14(7-5-12)23-9-13-8-16(21)20(3)17(22)19(13)2/h4-8,10H,9H2,1-3H3. The van der Waals surface area contributed by atoms with Crippen molar-refractivity contribution in [1.82, 2.24) is 14.1 Å². The molecule has 3 rings (SSSR count). The number of ether oxygens (including phenoxy) is 1. The number of aromatic nitrogens is 3. The molecule has 24 heavy (non-hydrogen) atoms. The van der Waals surface area contributed by atoms with Gasteiger partial charge in [0.15, 0.2) is 0 Å². The van der Waals surface area contributed by atoms with Crippen molar-refractivity contribution < 1.29 is 4.74 Å². The summed E-state index contributed by atoms with van der Waals surface area (Å²) >= 11 is 1.61. The summed E-state index contributed by atoms with van der Waals surface area (Å²) in [7, 11) is 3.07. The van der Waals surface area contributed by atoms with Crippen molar-refractivity contribution in [3.8, 4) is 17.0 Å². The van der Waals surface area contributed by atoms with Gasteiger partial charge in [-0.05, 0) is 31.2 Å². The second-order valence-electron chi connectivity index (χ2n) is 5.44. The van der Waals surface area contributed by atoms with Crippen molar-refractivity contribution in [2.75, 3.05) is 0 Å². The fourth-order valence-corrected chi connectivity index (χ4v) is 2.91. The van der Waals surface area contributed by atoms with Crippen LogP contribution in [0.25, 0.3) is 11.3 Å². The average molecular weight is 343 g/mol. The zero-order chi connectivity index (χ0) is 17.3. The highest BCUT2D eigenvalue weighted by molar-refractivity contribution is 7.09. The SMILES string of the molecule is Cc1nc(-c2ccc(OCc3cc(=O)n(C)c(=O)n3C)cc2)cs1. The molecule has 0 N–H and O–H groups in total. The van der Waals surface area contributed by atoms with Gasteiger partial charge in [0.1, 0.15) is 12.4 Å². The first-order valence-electron chi connectivity index (χ1n) is 7.37. The van der Waals surface area contributed by atoms with Crippen LogP contribution in [0.1, 0.15) is 10.7 Å². The number of thiazole rings is 1. The van der Waals surface area contributed by atoms with Crippen LogP contribution in [0, 0.1) is 6.92 Å². The lowest BCUT2D eigenvalue weighted by molar-refractivity contribution is 0.293. The van der Waals surface area contributed by atoms with E-state index in [1.807, 2.05) is 36.6 Å². The van der Waals surface area contributed by atoms with Crippen LogP contribution in [0.15, 0.2) is 45.3 Å². The molecule has 1 aromatic carbocycles. The Bertz CT molecular complexity index is 984. The molecular formula is C17H17N3O3S. The Kier molecular flexibility index (Phi) is 4.35. The Labute approximate surface area is 142 Å². The second kappa shape index (κ2) is 6.45. The van der Waals surface area contributed by atoms with Gasteiger partial charge in [-0.25, -0.2) is 9.78 Å². The molecule has 124 valence electrons. The first kappa shape index (κ1) is 16.2. The van der Waals surface area contributed by atoms with Crippen molar-refractivity contribution in [1.29, 1.82) is 0 Å². The highest BCUT2D eigenvalue weighted by atomic mass is 32.1. The highest BCUT2D eigenvalue weighted by Crippen LogP contribution is 2.24. The van der Waals surface area contributed by atoms with E-state index in [-0.39, 0.29) is 17.9 Å². The molecule has 0 atom stereocenters. The monoisotopic (exact) mass is 343 g/mol. The van der Waals surface area contributed by atoms with E-state index in [1.165, 1.54) is 17.7 Å². The van der Waals surface area contributed by atoms with E-state index in [9.17, 15) is 9.59 Å². The summed E-state index contributed by atoms with van der Waals surface area (Å²) in [4.78, 5) is 28.1. The van der Waals surface area contributed by atoms with Crippen molar-refractivity contribution >= 4 is 11.3 Å². The Morgan fingerprint density at radius 3 is 2.46 bits per heavy atom. The molecule has 0 aliphatic heterocycles. The van der Waals surface area contributed by atoms with E-state index in [0.29, 0.717) is 11.4 Å². The summed E-state index contributed by atoms with van der Waals surface area (Å²) in [6.45, 7) is 2.12. The third-order valence-electron chi connectivity index (χ3n) is 3.78. The van der Waals surface area contributed by atoms with Crippen LogP contribution >= 0.6 is 11.3 Å². The Morgan fingerprint density at radius 2 is 1.83 bits per heavy atom. The summed E-state index contributed by atoms with van der Waals surface area (Å²) in [6.07, 6.45) is 0. The molecule has 2 aromatic heterocycles. The van der Waals surface area contributed by atoms with Crippen LogP contribution in [-0.4, -0.2) is 14.1 Å². The molecule has 0 aliphatic rings. The number of nitrogens with zero attached hydrogens (tertiary/aromatic N) is 3. The van der Waals surface area contributed by atoms with Crippen LogP contribution in [-0.2, 0) is 20.7 Å². The summed E-state index contributed by atoms with van der Waals surface area (Å²) in [5.74, 6) is 0.666. The molecule has 0 saturated heterocycles. The number of hydrogen-bond acceptors (Lipinski definition) is 5. The fourth-order valence-electron chi connectivity index (χ4n) is 2.29. The van der Waals surface area contributed by atoms with Gasteiger partial charge in [0.05, 0.1) is 16.4 Å². The first-order chi connectivity index (χ1) is 11.5. The Balaban J connectivity index is 1.76. The molecule has 0 radical (unpaired) electrons. The number of aryl methyl sites for hydroxylation is 1. The van der Waals surface area contributed by atoms with Gasteiger partial charge in [0, 0.05) is 31.1 Å². The maximum Gasteiger partial charge on any atom is 0.330 e. The van der Waals surface area contributed by atoms with Gasteiger partial charge in [-0.1, -0.05) is 0 Å². The van der Waals surface area contributed by atoms with E-state index in [4.69, 9.17) is 4.74 Å². The normalized spacial score (nSPS) is 10.8. The van der Waals surface area contributed by atoms with E-state index in [0.717, 1.165) is 20.8 Å². The van der Waals surface area contributed by atoms with Gasteiger partial charge in [0.25, 0.3) is 5.56 Å². The zero-order valence-electron chi connectivity index (χ0n) is 13.6. The lowest BCUT2D eigenvalue weighted by atomic mass is 10.2. The average Bonchev–Trinajstić information content (AvgIpc) is 3.02. The molecule has 0 bridgehead atoms. The van der Waals surface area contributed by atoms with Crippen LogP contribution in [0.5, 0.6) is 5.75 Å². The topological polar surface area (TPSA) is 66.1 Å². The van der Waals surface area contributed by atoms with Gasteiger partial charge in [-0.2, -0.15) is 0 Å². The van der Waals surface area contributed by atoms with Gasteiger partial charge < -0.3 is 4.74 Å².